The van der Waals surface area contributed by atoms with Crippen LogP contribution < -0.4 is 0 Å². The Kier molecular flexibility index (Phi) is 5.05. The monoisotopic (exact) mass is 479 g/mol. The Hall–Kier alpha value is 1.80. The second-order valence-corrected chi connectivity index (χ2v) is 10.3. The van der Waals surface area contributed by atoms with E-state index in [1.807, 2.05) is 0 Å². The van der Waals surface area contributed by atoms with E-state index < -0.39 is 11.5 Å². The standard InChI is InChI=1S/C3H2Br5NO2/c4-1-2(5,9(10)11)3(6,7)8/h1H2. The van der Waals surface area contributed by atoms with Gasteiger partial charge in [0.2, 0.25) is 2.14 Å². The van der Waals surface area contributed by atoms with Gasteiger partial charge in [-0.3, -0.25) is 10.1 Å². The zero-order valence-corrected chi connectivity index (χ0v) is 12.8. The normalized spacial score (nSPS) is 17.5. The molecule has 0 radical (unpaired) electrons. The topological polar surface area (TPSA) is 43.1 Å². The van der Waals surface area contributed by atoms with Gasteiger partial charge in [0, 0.05) is 20.9 Å². The molecule has 0 heterocycles. The maximum absolute atomic E-state index is 10.5. The number of hydrogen-bond acceptors (Lipinski definition) is 2. The van der Waals surface area contributed by atoms with Gasteiger partial charge in [-0.05, 0) is 0 Å². The summed E-state index contributed by atoms with van der Waals surface area (Å²) in [6.45, 7) is 0. The second-order valence-electron chi connectivity index (χ2n) is 1.65. The molecule has 11 heavy (non-hydrogen) atoms. The molecule has 0 aliphatic heterocycles. The zero-order chi connectivity index (χ0) is 9.28. The zero-order valence-electron chi connectivity index (χ0n) is 4.86. The van der Waals surface area contributed by atoms with Crippen LogP contribution in [0.5, 0.6) is 0 Å². The Labute approximate surface area is 105 Å². The number of alkyl halides is 5. The molecule has 0 aromatic carbocycles. The van der Waals surface area contributed by atoms with E-state index in [0.29, 0.717) is 0 Å². The maximum atomic E-state index is 10.5. The summed E-state index contributed by atoms with van der Waals surface area (Å²) < 4.78 is -2.28. The number of rotatable bonds is 2. The van der Waals surface area contributed by atoms with Crippen molar-refractivity contribution in [2.45, 2.75) is 6.59 Å². The highest BCUT2D eigenvalue weighted by Crippen LogP contribution is 2.49. The van der Waals surface area contributed by atoms with Gasteiger partial charge < -0.3 is 0 Å². The Bertz CT molecular complexity index is 168. The van der Waals surface area contributed by atoms with E-state index in [-0.39, 0.29) is 5.33 Å². The van der Waals surface area contributed by atoms with Gasteiger partial charge in [0.15, 0.2) is 0 Å². The van der Waals surface area contributed by atoms with E-state index in [0.717, 1.165) is 0 Å². The highest BCUT2D eigenvalue weighted by Gasteiger charge is 2.55. The largest absolute Gasteiger partial charge is 0.318 e. The Morgan fingerprint density at radius 2 is 1.64 bits per heavy atom. The average molecular weight is 484 g/mol. The highest BCUT2D eigenvalue weighted by atomic mass is 80.0. The Morgan fingerprint density at radius 3 is 1.64 bits per heavy atom. The van der Waals surface area contributed by atoms with Crippen molar-refractivity contribution < 1.29 is 4.92 Å². The molecule has 1 atom stereocenters. The van der Waals surface area contributed by atoms with Gasteiger partial charge in [-0.2, -0.15) is 0 Å². The molecule has 0 rings (SSSR count). The van der Waals surface area contributed by atoms with Crippen LogP contribution in [0, 0.1) is 10.1 Å². The molecule has 3 nitrogen and oxygen atoms in total. The highest BCUT2D eigenvalue weighted by molar-refractivity contribution is 9.40. The average Bonchev–Trinajstić information content (AvgIpc) is 1.83. The molecule has 8 heteroatoms. The molecule has 66 valence electrons. The first-order valence-corrected chi connectivity index (χ1v) is 6.51. The summed E-state index contributed by atoms with van der Waals surface area (Å²) in [6, 6.07) is 0. The molecule has 0 bridgehead atoms. The summed E-state index contributed by atoms with van der Waals surface area (Å²) in [5.41, 5.74) is 0. The minimum atomic E-state index is -1.32. The van der Waals surface area contributed by atoms with E-state index in [9.17, 15) is 10.1 Å². The molecule has 0 aromatic heterocycles. The fraction of sp³-hybridized carbons (Fsp3) is 1.00. The third kappa shape index (κ3) is 2.89. The summed E-state index contributed by atoms with van der Waals surface area (Å²) in [5, 5.41) is 10.7. The van der Waals surface area contributed by atoms with Crippen molar-refractivity contribution in [3.63, 3.8) is 0 Å². The molecule has 0 fully saturated rings. The summed E-state index contributed by atoms with van der Waals surface area (Å²) >= 11 is 15.2. The van der Waals surface area contributed by atoms with Crippen molar-refractivity contribution in [2.24, 2.45) is 0 Å². The fourth-order valence-corrected chi connectivity index (χ4v) is 2.84. The third-order valence-electron chi connectivity index (χ3n) is 0.901. The first-order chi connectivity index (χ1) is 4.75. The summed E-state index contributed by atoms with van der Waals surface area (Å²) in [6.07, 6.45) is 0. The van der Waals surface area contributed by atoms with Crippen LogP contribution in [0.1, 0.15) is 0 Å². The first kappa shape index (κ1) is 12.8. The molecular weight excluding hydrogens is 482 g/mol. The lowest BCUT2D eigenvalue weighted by Gasteiger charge is -2.24. The van der Waals surface area contributed by atoms with Crippen molar-refractivity contribution in [1.82, 2.24) is 0 Å². The van der Waals surface area contributed by atoms with Crippen molar-refractivity contribution >= 4 is 79.6 Å². The number of nitrogens with zero attached hydrogens (tertiary/aromatic N) is 1. The van der Waals surface area contributed by atoms with Gasteiger partial charge in [-0.25, -0.2) is 0 Å². The van der Waals surface area contributed by atoms with Gasteiger partial charge in [0.1, 0.15) is 0 Å². The third-order valence-corrected chi connectivity index (χ3v) is 7.19. The Morgan fingerprint density at radius 1 is 1.27 bits per heavy atom. The minimum Gasteiger partial charge on any atom is -0.263 e. The minimum absolute atomic E-state index is 0.161. The lowest BCUT2D eigenvalue weighted by atomic mass is 10.4. The summed E-state index contributed by atoms with van der Waals surface area (Å²) in [7, 11) is 0. The van der Waals surface area contributed by atoms with E-state index in [1.54, 1.807) is 0 Å². The van der Waals surface area contributed by atoms with E-state index in [2.05, 4.69) is 79.6 Å². The van der Waals surface area contributed by atoms with Crippen LogP contribution in [-0.2, 0) is 0 Å². The van der Waals surface area contributed by atoms with Crippen LogP contribution >= 0.6 is 79.6 Å². The fourth-order valence-electron chi connectivity index (χ4n) is 0.228. The van der Waals surface area contributed by atoms with E-state index in [4.69, 9.17) is 0 Å². The Balaban J connectivity index is 4.75. The number of nitro groups is 1. The van der Waals surface area contributed by atoms with Gasteiger partial charge in [0.25, 0.3) is 0 Å². The summed E-state index contributed by atoms with van der Waals surface area (Å²) in [4.78, 5) is 10.1. The van der Waals surface area contributed by atoms with Crippen LogP contribution in [0.2, 0.25) is 0 Å². The van der Waals surface area contributed by atoms with E-state index in [1.165, 1.54) is 0 Å². The van der Waals surface area contributed by atoms with Crippen LogP contribution in [0.15, 0.2) is 0 Å². The van der Waals surface area contributed by atoms with Crippen LogP contribution in [-0.4, -0.2) is 16.8 Å². The van der Waals surface area contributed by atoms with Crippen molar-refractivity contribution in [2.75, 3.05) is 5.33 Å². The van der Waals surface area contributed by atoms with Crippen LogP contribution in [0.4, 0.5) is 0 Å². The SMILES string of the molecule is O=[N+]([O-])C(Br)(CBr)C(Br)(Br)Br. The molecule has 0 N–H and O–H groups in total. The lowest BCUT2D eigenvalue weighted by Crippen LogP contribution is -2.44. The maximum Gasteiger partial charge on any atom is 0.318 e. The predicted molar refractivity (Wildman–Crippen MR) is 62.0 cm³/mol. The smallest absolute Gasteiger partial charge is 0.263 e. The molecule has 0 spiro atoms. The van der Waals surface area contributed by atoms with Gasteiger partial charge in [-0.15, -0.1) is 0 Å². The first-order valence-electron chi connectivity index (χ1n) is 2.22. The summed E-state index contributed by atoms with van der Waals surface area (Å²) in [5.74, 6) is 0. The molecule has 0 saturated heterocycles. The van der Waals surface area contributed by atoms with Gasteiger partial charge >= 0.3 is 4.45 Å². The predicted octanol–water partition coefficient (Wildman–Crippen LogP) is 3.59. The molecule has 0 saturated carbocycles. The van der Waals surface area contributed by atoms with Crippen molar-refractivity contribution in [3.05, 3.63) is 10.1 Å². The van der Waals surface area contributed by atoms with Crippen LogP contribution in [0.3, 0.4) is 0 Å². The van der Waals surface area contributed by atoms with Crippen molar-refractivity contribution in [3.8, 4) is 0 Å². The lowest BCUT2D eigenvalue weighted by molar-refractivity contribution is -0.525. The molecule has 0 amide bonds. The molecule has 0 aliphatic rings. The quantitative estimate of drug-likeness (QED) is 0.261. The molecule has 0 aromatic rings. The number of halogens is 5. The van der Waals surface area contributed by atoms with E-state index >= 15 is 0 Å². The second kappa shape index (κ2) is 4.34. The number of hydrogen-bond donors (Lipinski definition) is 0. The van der Waals surface area contributed by atoms with Gasteiger partial charge in [-0.1, -0.05) is 63.7 Å². The van der Waals surface area contributed by atoms with Crippen molar-refractivity contribution in [1.29, 1.82) is 0 Å². The van der Waals surface area contributed by atoms with Gasteiger partial charge in [0.05, 0.1) is 5.33 Å². The van der Waals surface area contributed by atoms with Crippen LogP contribution in [0.25, 0.3) is 0 Å². The molecule has 1 unspecified atom stereocenters. The molecule has 0 aliphatic carbocycles. The molecular formula is C3H2Br5NO2.